The van der Waals surface area contributed by atoms with E-state index in [4.69, 9.17) is 9.84 Å². The fraction of sp³-hybridized carbons (Fsp3) is 0.882. The molecule has 0 aromatic carbocycles. The maximum atomic E-state index is 12.0. The summed E-state index contributed by atoms with van der Waals surface area (Å²) in [6.07, 6.45) is 2.67. The van der Waals surface area contributed by atoms with Crippen LogP contribution in [0, 0.1) is 0 Å². The number of alkyl carbamates (subject to hydrolysis) is 1. The number of aliphatic hydroxyl groups excluding tert-OH is 1. The largest absolute Gasteiger partial charge is 0.481 e. The van der Waals surface area contributed by atoms with Gasteiger partial charge in [0.05, 0.1) is 18.1 Å². The van der Waals surface area contributed by atoms with Crippen LogP contribution >= 0.6 is 0 Å². The molecule has 0 saturated heterocycles. The predicted molar refractivity (Wildman–Crippen MR) is 91.5 cm³/mol. The zero-order valence-corrected chi connectivity index (χ0v) is 13.1. The normalized spacial score (nSPS) is 25.0. The zero-order valence-electron chi connectivity index (χ0n) is 13.1. The van der Waals surface area contributed by atoms with Crippen molar-refractivity contribution in [2.45, 2.75) is 97.8 Å². The van der Waals surface area contributed by atoms with Crippen LogP contribution < -0.4 is 5.32 Å². The van der Waals surface area contributed by atoms with Gasteiger partial charge in [0, 0.05) is 0 Å². The lowest BCUT2D eigenvalue weighted by Crippen LogP contribution is -2.53. The molecule has 0 spiro atoms. The van der Waals surface area contributed by atoms with E-state index in [0.717, 1.165) is 19.3 Å². The molecule has 1 amide bonds. The van der Waals surface area contributed by atoms with Crippen LogP contribution in [-0.2, 0) is 9.53 Å². The summed E-state index contributed by atoms with van der Waals surface area (Å²) < 4.78 is 5.23. The fourth-order valence-corrected chi connectivity index (χ4v) is 2.80. The summed E-state index contributed by atoms with van der Waals surface area (Å²) >= 11 is 0. The Labute approximate surface area is 140 Å². The summed E-state index contributed by atoms with van der Waals surface area (Å²) in [5.41, 5.74) is -1.58. The van der Waals surface area contributed by atoms with Crippen LogP contribution in [0.15, 0.2) is 0 Å². The quantitative estimate of drug-likeness (QED) is 0.731. The first-order chi connectivity index (χ1) is 9.62. The van der Waals surface area contributed by atoms with Crippen molar-refractivity contribution in [1.82, 2.24) is 5.32 Å². The molecular weight excluding hydrogens is 298 g/mol. The SMILES string of the molecule is C.C.CC(C)(C)OC(=O)NC1(CC(=O)O)CCCCCC(O)C1. The second kappa shape index (κ2) is 9.75. The van der Waals surface area contributed by atoms with E-state index in [2.05, 4.69) is 5.32 Å². The molecule has 2 unspecified atom stereocenters. The molecule has 0 radical (unpaired) electrons. The Morgan fingerprint density at radius 2 is 1.83 bits per heavy atom. The average Bonchev–Trinajstić information content (AvgIpc) is 2.21. The Morgan fingerprint density at radius 1 is 1.22 bits per heavy atom. The number of hydrogen-bond donors (Lipinski definition) is 3. The van der Waals surface area contributed by atoms with E-state index in [1.165, 1.54) is 0 Å². The van der Waals surface area contributed by atoms with Crippen LogP contribution in [0.5, 0.6) is 0 Å². The average molecular weight is 333 g/mol. The van der Waals surface area contributed by atoms with Gasteiger partial charge in [0.15, 0.2) is 0 Å². The lowest BCUT2D eigenvalue weighted by Gasteiger charge is -2.37. The van der Waals surface area contributed by atoms with Crippen molar-refractivity contribution in [3.8, 4) is 0 Å². The Balaban J connectivity index is 0. The molecule has 1 saturated carbocycles. The number of amides is 1. The van der Waals surface area contributed by atoms with Crippen molar-refractivity contribution in [2.75, 3.05) is 0 Å². The minimum absolute atomic E-state index is 0. The molecule has 1 fully saturated rings. The Bertz CT molecular complexity index is 378. The first-order valence-electron chi connectivity index (χ1n) is 7.53. The molecule has 0 aromatic rings. The third-order valence-electron chi connectivity index (χ3n) is 3.57. The van der Waals surface area contributed by atoms with Crippen LogP contribution in [-0.4, -0.2) is 39.5 Å². The third-order valence-corrected chi connectivity index (χ3v) is 3.57. The Morgan fingerprint density at radius 3 is 2.35 bits per heavy atom. The van der Waals surface area contributed by atoms with Gasteiger partial charge >= 0.3 is 12.1 Å². The molecule has 23 heavy (non-hydrogen) atoms. The topological polar surface area (TPSA) is 95.9 Å². The van der Waals surface area contributed by atoms with Gasteiger partial charge < -0.3 is 20.3 Å². The van der Waals surface area contributed by atoms with E-state index in [-0.39, 0.29) is 27.7 Å². The first-order valence-corrected chi connectivity index (χ1v) is 7.53. The van der Waals surface area contributed by atoms with Crippen molar-refractivity contribution < 1.29 is 24.5 Å². The highest BCUT2D eigenvalue weighted by atomic mass is 16.6. The molecule has 138 valence electrons. The van der Waals surface area contributed by atoms with Gasteiger partial charge in [-0.1, -0.05) is 34.1 Å². The van der Waals surface area contributed by atoms with Crippen LogP contribution in [0.3, 0.4) is 0 Å². The second-order valence-electron chi connectivity index (χ2n) is 6.94. The van der Waals surface area contributed by atoms with Crippen LogP contribution in [0.2, 0.25) is 0 Å². The van der Waals surface area contributed by atoms with E-state index in [9.17, 15) is 14.7 Å². The highest BCUT2D eigenvalue weighted by Crippen LogP contribution is 2.30. The number of aliphatic carboxylic acids is 1. The van der Waals surface area contributed by atoms with Crippen molar-refractivity contribution in [3.05, 3.63) is 0 Å². The summed E-state index contributed by atoms with van der Waals surface area (Å²) in [6, 6.07) is 0. The highest BCUT2D eigenvalue weighted by Gasteiger charge is 2.38. The molecule has 0 aliphatic heterocycles. The molecule has 6 heteroatoms. The minimum atomic E-state index is -0.987. The Kier molecular flexibility index (Phi) is 10.2. The van der Waals surface area contributed by atoms with Gasteiger partial charge in [0.2, 0.25) is 0 Å². The number of carbonyl (C=O) groups is 2. The van der Waals surface area contributed by atoms with Crippen LogP contribution in [0.4, 0.5) is 4.79 Å². The van der Waals surface area contributed by atoms with E-state index in [1.54, 1.807) is 20.8 Å². The standard InChI is InChI=1S/C15H27NO5.2CH4/c1-14(2,3)21-13(20)16-15(10-12(18)19)8-6-4-5-7-11(17)9-15;;/h11,17H,4-10H2,1-3H3,(H,16,20)(H,18,19);2*1H4. The molecule has 1 aliphatic carbocycles. The first kappa shape index (κ1) is 24.0. The molecule has 2 atom stereocenters. The summed E-state index contributed by atoms with van der Waals surface area (Å²) in [4.78, 5) is 23.2. The summed E-state index contributed by atoms with van der Waals surface area (Å²) in [5, 5.41) is 21.9. The molecule has 6 nitrogen and oxygen atoms in total. The van der Waals surface area contributed by atoms with Gasteiger partial charge in [0.1, 0.15) is 5.60 Å². The summed E-state index contributed by atoms with van der Waals surface area (Å²) in [6.45, 7) is 5.26. The zero-order chi connectivity index (χ0) is 16.1. The molecule has 0 aromatic heterocycles. The maximum absolute atomic E-state index is 12.0. The molecule has 1 rings (SSSR count). The van der Waals surface area contributed by atoms with Crippen molar-refractivity contribution in [3.63, 3.8) is 0 Å². The highest BCUT2D eigenvalue weighted by molar-refractivity contribution is 5.73. The molecule has 0 bridgehead atoms. The van der Waals surface area contributed by atoms with Gasteiger partial charge in [0.25, 0.3) is 0 Å². The van der Waals surface area contributed by atoms with E-state index < -0.39 is 29.3 Å². The van der Waals surface area contributed by atoms with E-state index in [1.807, 2.05) is 0 Å². The van der Waals surface area contributed by atoms with Gasteiger partial charge in [-0.15, -0.1) is 0 Å². The van der Waals surface area contributed by atoms with Gasteiger partial charge in [-0.05, 0) is 40.0 Å². The summed E-state index contributed by atoms with van der Waals surface area (Å²) in [5.74, 6) is -0.987. The van der Waals surface area contributed by atoms with Gasteiger partial charge in [-0.25, -0.2) is 4.79 Å². The number of aliphatic hydroxyl groups is 1. The maximum Gasteiger partial charge on any atom is 0.408 e. The number of nitrogens with one attached hydrogen (secondary N) is 1. The molecule has 0 heterocycles. The molecule has 1 aliphatic rings. The number of carbonyl (C=O) groups excluding carboxylic acids is 1. The number of rotatable bonds is 3. The van der Waals surface area contributed by atoms with E-state index in [0.29, 0.717) is 12.8 Å². The van der Waals surface area contributed by atoms with Crippen LogP contribution in [0.1, 0.15) is 80.6 Å². The third kappa shape index (κ3) is 9.43. The number of carboxylic acids is 1. The monoisotopic (exact) mass is 333 g/mol. The second-order valence-corrected chi connectivity index (χ2v) is 6.94. The summed E-state index contributed by atoms with van der Waals surface area (Å²) in [7, 11) is 0. The smallest absolute Gasteiger partial charge is 0.408 e. The number of ether oxygens (including phenoxy) is 1. The predicted octanol–water partition coefficient (Wildman–Crippen LogP) is 3.71. The number of carboxylic acid groups (broad SMARTS) is 1. The fourth-order valence-electron chi connectivity index (χ4n) is 2.80. The lowest BCUT2D eigenvalue weighted by molar-refractivity contribution is -0.139. The lowest BCUT2D eigenvalue weighted by atomic mass is 9.80. The van der Waals surface area contributed by atoms with Crippen molar-refractivity contribution >= 4 is 12.1 Å². The van der Waals surface area contributed by atoms with Crippen molar-refractivity contribution in [2.24, 2.45) is 0 Å². The molecular formula is C17H35NO5. The van der Waals surface area contributed by atoms with Gasteiger partial charge in [-0.2, -0.15) is 0 Å². The Hall–Kier alpha value is -1.30. The minimum Gasteiger partial charge on any atom is -0.481 e. The van der Waals surface area contributed by atoms with Crippen LogP contribution in [0.25, 0.3) is 0 Å². The van der Waals surface area contributed by atoms with Crippen molar-refractivity contribution in [1.29, 1.82) is 0 Å². The van der Waals surface area contributed by atoms with Gasteiger partial charge in [-0.3, -0.25) is 4.79 Å². The molecule has 3 N–H and O–H groups in total. The van der Waals surface area contributed by atoms with E-state index >= 15 is 0 Å². The number of hydrogen-bond acceptors (Lipinski definition) is 4.